The van der Waals surface area contributed by atoms with Crippen LogP contribution in [0.15, 0.2) is 18.2 Å². The molecule has 6 heteroatoms. The number of halogens is 3. The van der Waals surface area contributed by atoms with Gasteiger partial charge in [-0.1, -0.05) is 29.3 Å². The fourth-order valence-corrected chi connectivity index (χ4v) is 2.80. The van der Waals surface area contributed by atoms with Crippen molar-refractivity contribution in [1.29, 1.82) is 0 Å². The van der Waals surface area contributed by atoms with Gasteiger partial charge in [0.25, 0.3) is 5.91 Å². The van der Waals surface area contributed by atoms with Gasteiger partial charge in [-0.05, 0) is 38.4 Å². The molecule has 106 valence electrons. The molecule has 1 aliphatic heterocycles. The van der Waals surface area contributed by atoms with Crippen LogP contribution in [0, 0.1) is 0 Å². The van der Waals surface area contributed by atoms with Crippen molar-refractivity contribution in [3.8, 4) is 0 Å². The van der Waals surface area contributed by atoms with Crippen LogP contribution in [0.2, 0.25) is 10.0 Å². The Labute approximate surface area is 129 Å². The third kappa shape index (κ3) is 4.25. The normalized spacial score (nSPS) is 22.5. The zero-order valence-electron chi connectivity index (χ0n) is 10.6. The first-order chi connectivity index (χ1) is 8.58. The number of rotatable bonds is 2. The van der Waals surface area contributed by atoms with E-state index in [2.05, 4.69) is 17.6 Å². The third-order valence-corrected chi connectivity index (χ3v) is 3.78. The van der Waals surface area contributed by atoms with E-state index in [1.54, 1.807) is 18.2 Å². The van der Waals surface area contributed by atoms with E-state index in [9.17, 15) is 4.79 Å². The summed E-state index contributed by atoms with van der Waals surface area (Å²) in [7, 11) is 0. The van der Waals surface area contributed by atoms with E-state index in [-0.39, 0.29) is 24.4 Å². The molecule has 19 heavy (non-hydrogen) atoms. The van der Waals surface area contributed by atoms with E-state index < -0.39 is 0 Å². The van der Waals surface area contributed by atoms with Crippen LogP contribution in [0.25, 0.3) is 0 Å². The smallest absolute Gasteiger partial charge is 0.254 e. The van der Waals surface area contributed by atoms with E-state index in [4.69, 9.17) is 23.2 Å². The lowest BCUT2D eigenvalue weighted by molar-refractivity contribution is 0.0926. The minimum atomic E-state index is -0.190. The second-order valence-corrected chi connectivity index (χ2v) is 5.46. The summed E-state index contributed by atoms with van der Waals surface area (Å²) in [5.74, 6) is -0.190. The Bertz CT molecular complexity index is 433. The van der Waals surface area contributed by atoms with E-state index >= 15 is 0 Å². The molecule has 1 aromatic rings. The van der Waals surface area contributed by atoms with Crippen LogP contribution in [0.5, 0.6) is 0 Å². The second kappa shape index (κ2) is 7.34. The highest BCUT2D eigenvalue weighted by molar-refractivity contribution is 6.39. The predicted octanol–water partition coefficient (Wildman–Crippen LogP) is 3.29. The lowest BCUT2D eigenvalue weighted by Gasteiger charge is -2.28. The van der Waals surface area contributed by atoms with Crippen molar-refractivity contribution >= 4 is 41.5 Å². The molecule has 1 fully saturated rings. The molecule has 1 amide bonds. The Morgan fingerprint density at radius 3 is 2.58 bits per heavy atom. The number of hydrogen-bond donors (Lipinski definition) is 2. The Hall–Kier alpha value is -0.480. The van der Waals surface area contributed by atoms with Crippen molar-refractivity contribution in [2.45, 2.75) is 31.8 Å². The molecule has 0 bridgehead atoms. The van der Waals surface area contributed by atoms with E-state index in [1.807, 2.05) is 0 Å². The fraction of sp³-hybridized carbons (Fsp3) is 0.462. The Balaban J connectivity index is 0.00000180. The van der Waals surface area contributed by atoms with Crippen molar-refractivity contribution in [3.05, 3.63) is 33.8 Å². The van der Waals surface area contributed by atoms with Gasteiger partial charge in [-0.15, -0.1) is 12.4 Å². The molecule has 2 atom stereocenters. The second-order valence-electron chi connectivity index (χ2n) is 4.65. The number of hydrogen-bond acceptors (Lipinski definition) is 2. The molecule has 0 spiro atoms. The summed E-state index contributed by atoms with van der Waals surface area (Å²) in [6.07, 6.45) is 1.85. The molecule has 2 N–H and O–H groups in total. The Morgan fingerprint density at radius 1 is 1.37 bits per heavy atom. The predicted molar refractivity (Wildman–Crippen MR) is 81.7 cm³/mol. The highest BCUT2D eigenvalue weighted by atomic mass is 35.5. The molecule has 2 unspecified atom stereocenters. The first-order valence-electron chi connectivity index (χ1n) is 6.06. The lowest BCUT2D eigenvalue weighted by atomic mass is 10.0. The fourth-order valence-electron chi connectivity index (χ4n) is 2.24. The molecule has 1 heterocycles. The topological polar surface area (TPSA) is 41.1 Å². The Morgan fingerprint density at radius 2 is 2.00 bits per heavy atom. The van der Waals surface area contributed by atoms with Crippen LogP contribution in [-0.2, 0) is 0 Å². The molecule has 0 radical (unpaired) electrons. The summed E-state index contributed by atoms with van der Waals surface area (Å²) in [6.45, 7) is 3.03. The maximum atomic E-state index is 12.2. The van der Waals surface area contributed by atoms with Gasteiger partial charge >= 0.3 is 0 Å². The average molecular weight is 324 g/mol. The van der Waals surface area contributed by atoms with Crippen LogP contribution in [0.3, 0.4) is 0 Å². The average Bonchev–Trinajstić information content (AvgIpc) is 2.28. The van der Waals surface area contributed by atoms with Crippen molar-refractivity contribution in [2.24, 2.45) is 0 Å². The van der Waals surface area contributed by atoms with Crippen molar-refractivity contribution in [3.63, 3.8) is 0 Å². The van der Waals surface area contributed by atoms with Crippen molar-refractivity contribution < 1.29 is 4.79 Å². The molecule has 3 nitrogen and oxygen atoms in total. The van der Waals surface area contributed by atoms with Gasteiger partial charge < -0.3 is 10.6 Å². The summed E-state index contributed by atoms with van der Waals surface area (Å²) < 4.78 is 0. The van der Waals surface area contributed by atoms with Crippen LogP contribution < -0.4 is 10.6 Å². The standard InChI is InChI=1S/C13H16Cl2N2O.ClH/c1-8-7-9(5-6-16-8)17-13(18)12-10(14)3-2-4-11(12)15;/h2-4,8-9,16H,5-7H2,1H3,(H,17,18);1H. The molecule has 0 aromatic heterocycles. The zero-order chi connectivity index (χ0) is 13.1. The summed E-state index contributed by atoms with van der Waals surface area (Å²) in [4.78, 5) is 12.2. The molecular formula is C13H17Cl3N2O. The summed E-state index contributed by atoms with van der Waals surface area (Å²) in [5, 5.41) is 7.13. The number of benzene rings is 1. The molecule has 1 saturated heterocycles. The summed E-state index contributed by atoms with van der Waals surface area (Å²) in [5.41, 5.74) is 0.368. The quantitative estimate of drug-likeness (QED) is 0.877. The number of piperidine rings is 1. The van der Waals surface area contributed by atoms with Gasteiger partial charge in [-0.25, -0.2) is 0 Å². The molecule has 0 aliphatic carbocycles. The number of carbonyl (C=O) groups excluding carboxylic acids is 1. The van der Waals surface area contributed by atoms with Crippen LogP contribution >= 0.6 is 35.6 Å². The molecule has 0 saturated carbocycles. The van der Waals surface area contributed by atoms with Crippen molar-refractivity contribution in [2.75, 3.05) is 6.54 Å². The highest BCUT2D eigenvalue weighted by Crippen LogP contribution is 2.24. The first kappa shape index (κ1) is 16.6. The zero-order valence-corrected chi connectivity index (χ0v) is 12.9. The molecule has 1 aliphatic rings. The first-order valence-corrected chi connectivity index (χ1v) is 6.82. The SMILES string of the molecule is CC1CC(NC(=O)c2c(Cl)cccc2Cl)CCN1.Cl. The summed E-state index contributed by atoms with van der Waals surface area (Å²) >= 11 is 12.0. The van der Waals surface area contributed by atoms with Crippen LogP contribution in [-0.4, -0.2) is 24.5 Å². The number of amides is 1. The number of nitrogens with one attached hydrogen (secondary N) is 2. The van der Waals surface area contributed by atoms with E-state index in [0.29, 0.717) is 21.7 Å². The van der Waals surface area contributed by atoms with Crippen LogP contribution in [0.1, 0.15) is 30.1 Å². The van der Waals surface area contributed by atoms with Crippen molar-refractivity contribution in [1.82, 2.24) is 10.6 Å². The maximum Gasteiger partial charge on any atom is 0.254 e. The summed E-state index contributed by atoms with van der Waals surface area (Å²) in [6, 6.07) is 5.68. The monoisotopic (exact) mass is 322 g/mol. The largest absolute Gasteiger partial charge is 0.349 e. The van der Waals surface area contributed by atoms with Gasteiger partial charge in [0, 0.05) is 12.1 Å². The Kier molecular flexibility index (Phi) is 6.40. The van der Waals surface area contributed by atoms with Gasteiger partial charge in [0.1, 0.15) is 0 Å². The van der Waals surface area contributed by atoms with E-state index in [1.165, 1.54) is 0 Å². The van der Waals surface area contributed by atoms with Gasteiger partial charge in [0.15, 0.2) is 0 Å². The van der Waals surface area contributed by atoms with Gasteiger partial charge in [0.2, 0.25) is 0 Å². The number of carbonyl (C=O) groups is 1. The minimum absolute atomic E-state index is 0. The molecule has 1 aromatic carbocycles. The van der Waals surface area contributed by atoms with E-state index in [0.717, 1.165) is 19.4 Å². The minimum Gasteiger partial charge on any atom is -0.349 e. The maximum absolute atomic E-state index is 12.2. The lowest BCUT2D eigenvalue weighted by Crippen LogP contribution is -2.46. The van der Waals surface area contributed by atoms with Crippen LogP contribution in [0.4, 0.5) is 0 Å². The van der Waals surface area contributed by atoms with Gasteiger partial charge in [-0.3, -0.25) is 4.79 Å². The molecule has 2 rings (SSSR count). The third-order valence-electron chi connectivity index (χ3n) is 3.15. The van der Waals surface area contributed by atoms with Gasteiger partial charge in [-0.2, -0.15) is 0 Å². The highest BCUT2D eigenvalue weighted by Gasteiger charge is 2.22. The van der Waals surface area contributed by atoms with Gasteiger partial charge in [0.05, 0.1) is 15.6 Å². The molecular weight excluding hydrogens is 307 g/mol.